The molecule has 0 bridgehead atoms. The van der Waals surface area contributed by atoms with Crippen molar-refractivity contribution >= 4 is 18.3 Å². The molecule has 2 aromatic heterocycles. The second kappa shape index (κ2) is 6.78. The van der Waals surface area contributed by atoms with E-state index in [0.717, 1.165) is 26.1 Å². The number of halogens is 1. The summed E-state index contributed by atoms with van der Waals surface area (Å²) in [5.41, 5.74) is 0.335. The van der Waals surface area contributed by atoms with Crippen LogP contribution >= 0.6 is 12.4 Å². The van der Waals surface area contributed by atoms with Gasteiger partial charge in [0.2, 0.25) is 5.76 Å². The zero-order valence-corrected chi connectivity index (χ0v) is 12.6. The van der Waals surface area contributed by atoms with E-state index in [1.807, 2.05) is 11.9 Å². The first-order valence-electron chi connectivity index (χ1n) is 6.72. The van der Waals surface area contributed by atoms with Gasteiger partial charge in [0.25, 0.3) is 5.91 Å². The van der Waals surface area contributed by atoms with Gasteiger partial charge in [0.15, 0.2) is 11.5 Å². The molecule has 1 unspecified atom stereocenters. The molecule has 0 aromatic carbocycles. The van der Waals surface area contributed by atoms with Crippen molar-refractivity contribution in [3.05, 3.63) is 30.2 Å². The van der Waals surface area contributed by atoms with Gasteiger partial charge in [0.1, 0.15) is 0 Å². The Kier molecular flexibility index (Phi) is 5.03. The Labute approximate surface area is 128 Å². The van der Waals surface area contributed by atoms with Crippen molar-refractivity contribution < 1.29 is 13.7 Å². The van der Waals surface area contributed by atoms with Crippen LogP contribution in [0.2, 0.25) is 0 Å². The van der Waals surface area contributed by atoms with Gasteiger partial charge in [0.05, 0.1) is 6.26 Å². The third-order valence-electron chi connectivity index (χ3n) is 3.56. The highest BCUT2D eigenvalue weighted by Crippen LogP contribution is 2.23. The van der Waals surface area contributed by atoms with E-state index in [0.29, 0.717) is 23.1 Å². The van der Waals surface area contributed by atoms with Gasteiger partial charge in [0, 0.05) is 19.2 Å². The standard InChI is InChI=1S/C14H17N3O3.ClH/c1-15-8-10-4-5-17(9-10)14(18)11-7-13(20-16-11)12-3-2-6-19-12;/h2-3,6-7,10,15H,4-5,8-9H2,1H3;1H. The first-order valence-corrected chi connectivity index (χ1v) is 6.72. The Morgan fingerprint density at radius 2 is 2.38 bits per heavy atom. The Hall–Kier alpha value is -1.79. The molecule has 7 heteroatoms. The zero-order valence-electron chi connectivity index (χ0n) is 11.7. The van der Waals surface area contributed by atoms with Crippen LogP contribution in [0, 0.1) is 5.92 Å². The molecule has 3 heterocycles. The Morgan fingerprint density at radius 3 is 3.10 bits per heavy atom. The lowest BCUT2D eigenvalue weighted by atomic mass is 10.1. The fourth-order valence-corrected chi connectivity index (χ4v) is 2.55. The summed E-state index contributed by atoms with van der Waals surface area (Å²) >= 11 is 0. The second-order valence-electron chi connectivity index (χ2n) is 5.02. The normalized spacial score (nSPS) is 17.8. The minimum atomic E-state index is -0.0786. The van der Waals surface area contributed by atoms with Crippen molar-refractivity contribution in [1.29, 1.82) is 0 Å². The number of rotatable bonds is 4. The summed E-state index contributed by atoms with van der Waals surface area (Å²) in [6, 6.07) is 5.17. The van der Waals surface area contributed by atoms with E-state index in [2.05, 4.69) is 10.5 Å². The molecule has 1 saturated heterocycles. The monoisotopic (exact) mass is 311 g/mol. The third-order valence-corrected chi connectivity index (χ3v) is 3.56. The van der Waals surface area contributed by atoms with Gasteiger partial charge in [-0.1, -0.05) is 5.16 Å². The number of carbonyl (C=O) groups is 1. The van der Waals surface area contributed by atoms with Crippen molar-refractivity contribution in [2.45, 2.75) is 6.42 Å². The maximum atomic E-state index is 12.3. The molecule has 6 nitrogen and oxygen atoms in total. The number of hydrogen-bond acceptors (Lipinski definition) is 5. The van der Waals surface area contributed by atoms with Crippen LogP contribution in [0.15, 0.2) is 33.4 Å². The van der Waals surface area contributed by atoms with Crippen molar-refractivity contribution in [3.8, 4) is 11.5 Å². The highest BCUT2D eigenvalue weighted by molar-refractivity contribution is 5.93. The quantitative estimate of drug-likeness (QED) is 0.935. The fraction of sp³-hybridized carbons (Fsp3) is 0.429. The molecule has 2 aromatic rings. The highest BCUT2D eigenvalue weighted by Gasteiger charge is 2.28. The Balaban J connectivity index is 0.00000161. The highest BCUT2D eigenvalue weighted by atomic mass is 35.5. The van der Waals surface area contributed by atoms with Gasteiger partial charge in [-0.2, -0.15) is 0 Å². The summed E-state index contributed by atoms with van der Waals surface area (Å²) in [5, 5.41) is 6.99. The van der Waals surface area contributed by atoms with Gasteiger partial charge in [-0.15, -0.1) is 12.4 Å². The molecule has 0 saturated carbocycles. The molecule has 1 amide bonds. The summed E-state index contributed by atoms with van der Waals surface area (Å²) in [6.45, 7) is 2.47. The zero-order chi connectivity index (χ0) is 13.9. The Morgan fingerprint density at radius 1 is 1.52 bits per heavy atom. The average Bonchev–Trinajstić information content (AvgIpc) is 3.19. The number of furan rings is 1. The summed E-state index contributed by atoms with van der Waals surface area (Å²) in [7, 11) is 1.93. The molecule has 3 rings (SSSR count). The molecule has 21 heavy (non-hydrogen) atoms. The van der Waals surface area contributed by atoms with Crippen LogP contribution in [0.3, 0.4) is 0 Å². The topological polar surface area (TPSA) is 71.5 Å². The SMILES string of the molecule is CNCC1CCN(C(=O)c2cc(-c3ccco3)on2)C1.Cl. The minimum Gasteiger partial charge on any atom is -0.461 e. The van der Waals surface area contributed by atoms with Crippen molar-refractivity contribution in [2.75, 3.05) is 26.7 Å². The molecule has 1 fully saturated rings. The first kappa shape index (κ1) is 15.6. The van der Waals surface area contributed by atoms with E-state index in [1.165, 1.54) is 0 Å². The van der Waals surface area contributed by atoms with E-state index in [4.69, 9.17) is 8.94 Å². The lowest BCUT2D eigenvalue weighted by Gasteiger charge is -2.14. The van der Waals surface area contributed by atoms with E-state index >= 15 is 0 Å². The molecule has 1 aliphatic rings. The molecular weight excluding hydrogens is 294 g/mol. The molecule has 114 valence electrons. The van der Waals surface area contributed by atoms with Gasteiger partial charge < -0.3 is 19.2 Å². The van der Waals surface area contributed by atoms with Crippen molar-refractivity contribution in [3.63, 3.8) is 0 Å². The number of amides is 1. The van der Waals surface area contributed by atoms with Gasteiger partial charge >= 0.3 is 0 Å². The van der Waals surface area contributed by atoms with Crippen molar-refractivity contribution in [2.24, 2.45) is 5.92 Å². The van der Waals surface area contributed by atoms with Crippen LogP contribution in [0.1, 0.15) is 16.9 Å². The van der Waals surface area contributed by atoms with Crippen LogP contribution in [-0.4, -0.2) is 42.6 Å². The van der Waals surface area contributed by atoms with Crippen molar-refractivity contribution in [1.82, 2.24) is 15.4 Å². The average molecular weight is 312 g/mol. The molecular formula is C14H18ClN3O3. The number of carbonyl (C=O) groups excluding carboxylic acids is 1. The van der Waals surface area contributed by atoms with Crippen LogP contribution in [0.5, 0.6) is 0 Å². The predicted octanol–water partition coefficient (Wildman–Crippen LogP) is 2.04. The van der Waals surface area contributed by atoms with Crippen LogP contribution in [0.4, 0.5) is 0 Å². The number of hydrogen-bond donors (Lipinski definition) is 1. The summed E-state index contributed by atoms with van der Waals surface area (Å²) in [4.78, 5) is 14.2. The molecule has 0 aliphatic carbocycles. The number of aromatic nitrogens is 1. The first-order chi connectivity index (χ1) is 9.78. The number of likely N-dealkylation sites (tertiary alicyclic amines) is 1. The molecule has 0 spiro atoms. The van der Waals surface area contributed by atoms with E-state index in [9.17, 15) is 4.79 Å². The summed E-state index contributed by atoms with van der Waals surface area (Å²) < 4.78 is 10.4. The lowest BCUT2D eigenvalue weighted by molar-refractivity contribution is 0.0777. The largest absolute Gasteiger partial charge is 0.461 e. The van der Waals surface area contributed by atoms with Gasteiger partial charge in [-0.3, -0.25) is 4.79 Å². The summed E-state index contributed by atoms with van der Waals surface area (Å²) in [6.07, 6.45) is 2.58. The van der Waals surface area contributed by atoms with Gasteiger partial charge in [-0.05, 0) is 38.1 Å². The van der Waals surface area contributed by atoms with Crippen LogP contribution in [0.25, 0.3) is 11.5 Å². The lowest BCUT2D eigenvalue weighted by Crippen LogP contribution is -2.30. The number of nitrogens with one attached hydrogen (secondary N) is 1. The minimum absolute atomic E-state index is 0. The maximum Gasteiger partial charge on any atom is 0.276 e. The van der Waals surface area contributed by atoms with E-state index in [1.54, 1.807) is 24.5 Å². The third kappa shape index (κ3) is 3.28. The fourth-order valence-electron chi connectivity index (χ4n) is 2.55. The van der Waals surface area contributed by atoms with E-state index < -0.39 is 0 Å². The molecule has 1 aliphatic heterocycles. The summed E-state index contributed by atoms with van der Waals surface area (Å²) in [5.74, 6) is 1.49. The Bertz CT molecular complexity index is 582. The molecule has 1 atom stereocenters. The van der Waals surface area contributed by atoms with E-state index in [-0.39, 0.29) is 18.3 Å². The maximum absolute atomic E-state index is 12.3. The smallest absolute Gasteiger partial charge is 0.276 e. The number of nitrogens with zero attached hydrogens (tertiary/aromatic N) is 2. The van der Waals surface area contributed by atoms with Crippen LogP contribution < -0.4 is 5.32 Å². The predicted molar refractivity (Wildman–Crippen MR) is 79.4 cm³/mol. The van der Waals surface area contributed by atoms with Crippen LogP contribution in [-0.2, 0) is 0 Å². The molecule has 0 radical (unpaired) electrons. The second-order valence-corrected chi connectivity index (χ2v) is 5.02. The molecule has 1 N–H and O–H groups in total. The van der Waals surface area contributed by atoms with Gasteiger partial charge in [-0.25, -0.2) is 0 Å².